The van der Waals surface area contributed by atoms with Gasteiger partial charge >= 0.3 is 0 Å². The molecule has 0 aliphatic carbocycles. The van der Waals surface area contributed by atoms with Gasteiger partial charge in [0.2, 0.25) is 0 Å². The van der Waals surface area contributed by atoms with Gasteiger partial charge in [0.1, 0.15) is 0 Å². The molecule has 0 radical (unpaired) electrons. The Bertz CT molecular complexity index is 330. The fourth-order valence-corrected chi connectivity index (χ4v) is 1.73. The van der Waals surface area contributed by atoms with Crippen molar-refractivity contribution in [2.24, 2.45) is 12.0 Å². The van der Waals surface area contributed by atoms with Crippen LogP contribution in [0.4, 0.5) is 0 Å². The highest BCUT2D eigenvalue weighted by Crippen LogP contribution is 1.99. The quantitative estimate of drug-likeness (QED) is 0.608. The highest BCUT2D eigenvalue weighted by atomic mass is 32.1. The van der Waals surface area contributed by atoms with Crippen molar-refractivity contribution in [3.05, 3.63) is 28.2 Å². The van der Waals surface area contributed by atoms with E-state index in [9.17, 15) is 0 Å². The standard InChI is InChI=1S/C8H12N2S/c1-6(2)9-8-10(4)5-7(3)11-8/h5H,1H2,2-4H3. The first-order chi connectivity index (χ1) is 5.09. The SMILES string of the molecule is C=C(C)N=c1sc(C)cn1C. The van der Waals surface area contributed by atoms with E-state index in [0.29, 0.717) is 0 Å². The van der Waals surface area contributed by atoms with Crippen molar-refractivity contribution in [3.63, 3.8) is 0 Å². The van der Waals surface area contributed by atoms with Crippen molar-refractivity contribution in [2.75, 3.05) is 0 Å². The lowest BCUT2D eigenvalue weighted by Crippen LogP contribution is -2.08. The predicted octanol–water partition coefficient (Wildman–Crippen LogP) is 1.83. The molecule has 2 nitrogen and oxygen atoms in total. The van der Waals surface area contributed by atoms with Gasteiger partial charge in [0.25, 0.3) is 0 Å². The van der Waals surface area contributed by atoms with Crippen LogP contribution in [0.1, 0.15) is 11.8 Å². The third-order valence-electron chi connectivity index (χ3n) is 1.22. The third-order valence-corrected chi connectivity index (χ3v) is 2.21. The molecule has 0 unspecified atom stereocenters. The lowest BCUT2D eigenvalue weighted by molar-refractivity contribution is 0.863. The van der Waals surface area contributed by atoms with Crippen molar-refractivity contribution in [2.45, 2.75) is 13.8 Å². The van der Waals surface area contributed by atoms with E-state index in [1.165, 1.54) is 4.88 Å². The van der Waals surface area contributed by atoms with Gasteiger partial charge in [0.15, 0.2) is 4.80 Å². The fourth-order valence-electron chi connectivity index (χ4n) is 0.835. The molecule has 0 fully saturated rings. The number of rotatable bonds is 1. The van der Waals surface area contributed by atoms with E-state index in [0.717, 1.165) is 10.5 Å². The molecule has 0 saturated carbocycles. The average Bonchev–Trinajstić information content (AvgIpc) is 2.09. The second-order valence-corrected chi connectivity index (χ2v) is 3.80. The molecule has 0 aliphatic heterocycles. The largest absolute Gasteiger partial charge is 0.326 e. The Morgan fingerprint density at radius 1 is 1.73 bits per heavy atom. The Kier molecular flexibility index (Phi) is 2.29. The summed E-state index contributed by atoms with van der Waals surface area (Å²) in [6, 6.07) is 0. The molecule has 0 saturated heterocycles. The van der Waals surface area contributed by atoms with Crippen LogP contribution in [-0.2, 0) is 7.05 Å². The number of thiazole rings is 1. The molecule has 1 rings (SSSR count). The third kappa shape index (κ3) is 2.05. The second kappa shape index (κ2) is 3.05. The van der Waals surface area contributed by atoms with Crippen molar-refractivity contribution in [1.82, 2.24) is 4.57 Å². The van der Waals surface area contributed by atoms with Crippen LogP contribution < -0.4 is 4.80 Å². The van der Waals surface area contributed by atoms with Gasteiger partial charge in [-0.25, -0.2) is 4.99 Å². The van der Waals surface area contributed by atoms with Crippen molar-refractivity contribution in [1.29, 1.82) is 0 Å². The van der Waals surface area contributed by atoms with Crippen LogP contribution >= 0.6 is 11.3 Å². The van der Waals surface area contributed by atoms with Gasteiger partial charge in [-0.05, 0) is 13.8 Å². The minimum Gasteiger partial charge on any atom is -0.326 e. The molecule has 1 aromatic rings. The molecular weight excluding hydrogens is 156 g/mol. The van der Waals surface area contributed by atoms with Crippen LogP contribution in [0, 0.1) is 6.92 Å². The van der Waals surface area contributed by atoms with Gasteiger partial charge in [0, 0.05) is 23.8 Å². The fraction of sp³-hybridized carbons (Fsp3) is 0.375. The van der Waals surface area contributed by atoms with E-state index < -0.39 is 0 Å². The molecule has 1 heterocycles. The molecule has 0 amide bonds. The van der Waals surface area contributed by atoms with Gasteiger partial charge in [0.05, 0.1) is 0 Å². The van der Waals surface area contributed by atoms with Crippen LogP contribution in [0.25, 0.3) is 0 Å². The van der Waals surface area contributed by atoms with E-state index in [-0.39, 0.29) is 0 Å². The van der Waals surface area contributed by atoms with Gasteiger partial charge in [-0.2, -0.15) is 0 Å². The Morgan fingerprint density at radius 2 is 2.36 bits per heavy atom. The lowest BCUT2D eigenvalue weighted by Gasteiger charge is -1.87. The van der Waals surface area contributed by atoms with E-state index >= 15 is 0 Å². The average molecular weight is 168 g/mol. The first-order valence-electron chi connectivity index (χ1n) is 3.43. The summed E-state index contributed by atoms with van der Waals surface area (Å²) >= 11 is 1.68. The predicted molar refractivity (Wildman–Crippen MR) is 48.4 cm³/mol. The van der Waals surface area contributed by atoms with Crippen molar-refractivity contribution < 1.29 is 0 Å². The van der Waals surface area contributed by atoms with Crippen LogP contribution in [0.2, 0.25) is 0 Å². The summed E-state index contributed by atoms with van der Waals surface area (Å²) in [5.74, 6) is 0. The summed E-state index contributed by atoms with van der Waals surface area (Å²) in [5.41, 5.74) is 0.849. The Labute approximate surface area is 70.5 Å². The molecule has 3 heteroatoms. The van der Waals surface area contributed by atoms with Crippen molar-refractivity contribution >= 4 is 11.3 Å². The van der Waals surface area contributed by atoms with Gasteiger partial charge < -0.3 is 4.57 Å². The highest BCUT2D eigenvalue weighted by Gasteiger charge is 1.92. The summed E-state index contributed by atoms with van der Waals surface area (Å²) in [6.07, 6.45) is 2.06. The first kappa shape index (κ1) is 8.27. The zero-order chi connectivity index (χ0) is 8.43. The highest BCUT2D eigenvalue weighted by molar-refractivity contribution is 7.09. The molecular formula is C8H12N2S. The van der Waals surface area contributed by atoms with Crippen LogP contribution in [0.15, 0.2) is 23.5 Å². The van der Waals surface area contributed by atoms with E-state index in [4.69, 9.17) is 0 Å². The summed E-state index contributed by atoms with van der Waals surface area (Å²) in [5, 5.41) is 0. The van der Waals surface area contributed by atoms with E-state index in [1.807, 2.05) is 18.5 Å². The minimum atomic E-state index is 0.849. The lowest BCUT2D eigenvalue weighted by atomic mass is 10.6. The maximum atomic E-state index is 4.27. The number of hydrogen-bond acceptors (Lipinski definition) is 2. The van der Waals surface area contributed by atoms with Crippen LogP contribution in [0.5, 0.6) is 0 Å². The first-order valence-corrected chi connectivity index (χ1v) is 4.24. The zero-order valence-electron chi connectivity index (χ0n) is 7.09. The Morgan fingerprint density at radius 3 is 2.73 bits per heavy atom. The second-order valence-electron chi connectivity index (χ2n) is 2.58. The minimum absolute atomic E-state index is 0.849. The molecule has 11 heavy (non-hydrogen) atoms. The van der Waals surface area contributed by atoms with E-state index in [2.05, 4.69) is 24.7 Å². The smallest absolute Gasteiger partial charge is 0.189 e. The van der Waals surface area contributed by atoms with Gasteiger partial charge in [-0.15, -0.1) is 11.3 Å². The number of nitrogens with zero attached hydrogens (tertiary/aromatic N) is 2. The maximum Gasteiger partial charge on any atom is 0.189 e. The summed E-state index contributed by atoms with van der Waals surface area (Å²) in [4.78, 5) is 6.55. The Balaban J connectivity index is 3.23. The molecule has 0 atom stereocenters. The monoisotopic (exact) mass is 168 g/mol. The number of allylic oxidation sites excluding steroid dienone is 1. The zero-order valence-corrected chi connectivity index (χ0v) is 7.90. The molecule has 0 aromatic carbocycles. The maximum absolute atomic E-state index is 4.27. The number of aryl methyl sites for hydroxylation is 2. The van der Waals surface area contributed by atoms with Gasteiger partial charge in [-0.3, -0.25) is 0 Å². The van der Waals surface area contributed by atoms with E-state index in [1.54, 1.807) is 11.3 Å². The summed E-state index contributed by atoms with van der Waals surface area (Å²) < 4.78 is 2.01. The van der Waals surface area contributed by atoms with Crippen LogP contribution in [0.3, 0.4) is 0 Å². The molecule has 60 valence electrons. The molecule has 1 aromatic heterocycles. The summed E-state index contributed by atoms with van der Waals surface area (Å²) in [6.45, 7) is 7.70. The number of aromatic nitrogens is 1. The molecule has 0 N–H and O–H groups in total. The normalized spacial score (nSPS) is 12.1. The van der Waals surface area contributed by atoms with Crippen LogP contribution in [-0.4, -0.2) is 4.57 Å². The molecule has 0 spiro atoms. The van der Waals surface area contributed by atoms with Gasteiger partial charge in [-0.1, -0.05) is 6.58 Å². The summed E-state index contributed by atoms with van der Waals surface area (Å²) in [7, 11) is 1.99. The number of hydrogen-bond donors (Lipinski definition) is 0. The Hall–Kier alpha value is -0.830. The molecule has 0 aliphatic rings. The van der Waals surface area contributed by atoms with Crippen molar-refractivity contribution in [3.8, 4) is 0 Å². The molecule has 0 bridgehead atoms. The topological polar surface area (TPSA) is 17.3 Å².